The van der Waals surface area contributed by atoms with Crippen LogP contribution >= 0.6 is 0 Å². The van der Waals surface area contributed by atoms with Crippen molar-refractivity contribution in [2.45, 2.75) is 39.2 Å². The van der Waals surface area contributed by atoms with Crippen LogP contribution in [0, 0.1) is 5.41 Å². The maximum atomic E-state index is 6.04. The van der Waals surface area contributed by atoms with Crippen molar-refractivity contribution in [3.05, 3.63) is 23.5 Å². The van der Waals surface area contributed by atoms with Gasteiger partial charge in [-0.25, -0.2) is 0 Å². The summed E-state index contributed by atoms with van der Waals surface area (Å²) in [6, 6.07) is 0.190. The third-order valence-electron chi connectivity index (χ3n) is 3.00. The first-order valence-corrected chi connectivity index (χ1v) is 5.75. The maximum Gasteiger partial charge on any atom is 0.0867 e. The SMILES string of the molecule is Cn1cc(CC2=CC(N)CC(C)(C)C2)nn1. The minimum absolute atomic E-state index is 0.190. The van der Waals surface area contributed by atoms with Crippen LogP contribution < -0.4 is 5.73 Å². The smallest absolute Gasteiger partial charge is 0.0867 e. The first-order valence-electron chi connectivity index (χ1n) is 5.75. The highest BCUT2D eigenvalue weighted by Gasteiger charge is 2.27. The molecule has 0 spiro atoms. The second kappa shape index (κ2) is 4.01. The molecule has 0 aliphatic heterocycles. The zero-order chi connectivity index (χ0) is 11.8. The predicted octanol–water partition coefficient (Wildman–Crippen LogP) is 1.43. The number of nitrogens with zero attached hydrogens (tertiary/aromatic N) is 3. The van der Waals surface area contributed by atoms with Gasteiger partial charge in [-0.1, -0.05) is 30.7 Å². The Bertz CT molecular complexity index is 403. The zero-order valence-corrected chi connectivity index (χ0v) is 10.3. The molecule has 1 aliphatic carbocycles. The highest BCUT2D eigenvalue weighted by molar-refractivity contribution is 5.19. The molecule has 0 bridgehead atoms. The van der Waals surface area contributed by atoms with Crippen molar-refractivity contribution < 1.29 is 0 Å². The highest BCUT2D eigenvalue weighted by atomic mass is 15.4. The molecule has 1 heterocycles. The molecule has 2 N–H and O–H groups in total. The molecule has 1 atom stereocenters. The summed E-state index contributed by atoms with van der Waals surface area (Å²) in [7, 11) is 1.89. The van der Waals surface area contributed by atoms with E-state index in [1.165, 1.54) is 5.57 Å². The molecular formula is C12H20N4. The molecule has 4 nitrogen and oxygen atoms in total. The molecule has 4 heteroatoms. The normalized spacial score (nSPS) is 24.2. The van der Waals surface area contributed by atoms with Crippen LogP contribution in [0.25, 0.3) is 0 Å². The molecule has 0 fully saturated rings. The summed E-state index contributed by atoms with van der Waals surface area (Å²) in [6.07, 6.45) is 7.22. The molecule has 16 heavy (non-hydrogen) atoms. The topological polar surface area (TPSA) is 56.7 Å². The first kappa shape index (κ1) is 11.3. The molecular weight excluding hydrogens is 200 g/mol. The molecule has 0 radical (unpaired) electrons. The lowest BCUT2D eigenvalue weighted by atomic mass is 9.74. The Balaban J connectivity index is 2.10. The van der Waals surface area contributed by atoms with Gasteiger partial charge in [-0.2, -0.15) is 0 Å². The van der Waals surface area contributed by atoms with E-state index in [1.54, 1.807) is 4.68 Å². The van der Waals surface area contributed by atoms with Gasteiger partial charge in [-0.15, -0.1) is 5.10 Å². The Kier molecular flexibility index (Phi) is 2.84. The zero-order valence-electron chi connectivity index (χ0n) is 10.3. The number of rotatable bonds is 2. The Labute approximate surface area is 96.5 Å². The lowest BCUT2D eigenvalue weighted by molar-refractivity contribution is 0.299. The summed E-state index contributed by atoms with van der Waals surface area (Å²) < 4.78 is 1.74. The number of hydrogen-bond donors (Lipinski definition) is 1. The Hall–Kier alpha value is -1.16. The Morgan fingerprint density at radius 3 is 2.88 bits per heavy atom. The van der Waals surface area contributed by atoms with Crippen molar-refractivity contribution >= 4 is 0 Å². The number of allylic oxidation sites excluding steroid dienone is 1. The van der Waals surface area contributed by atoms with E-state index in [4.69, 9.17) is 5.73 Å². The average molecular weight is 220 g/mol. The highest BCUT2D eigenvalue weighted by Crippen LogP contribution is 2.35. The van der Waals surface area contributed by atoms with Gasteiger partial charge in [0, 0.05) is 25.7 Å². The van der Waals surface area contributed by atoms with Gasteiger partial charge in [-0.05, 0) is 18.3 Å². The van der Waals surface area contributed by atoms with Gasteiger partial charge in [0.2, 0.25) is 0 Å². The van der Waals surface area contributed by atoms with E-state index in [-0.39, 0.29) is 6.04 Å². The molecule has 1 unspecified atom stereocenters. The van der Waals surface area contributed by atoms with Gasteiger partial charge in [0.05, 0.1) is 5.69 Å². The van der Waals surface area contributed by atoms with Crippen molar-refractivity contribution in [3.8, 4) is 0 Å². The molecule has 1 aromatic heterocycles. The van der Waals surface area contributed by atoms with Gasteiger partial charge >= 0.3 is 0 Å². The van der Waals surface area contributed by atoms with Crippen LogP contribution in [-0.4, -0.2) is 21.0 Å². The lowest BCUT2D eigenvalue weighted by Crippen LogP contribution is -2.31. The standard InChI is InChI=1S/C12H20N4/c1-12(2)6-9(4-10(13)7-12)5-11-8-16(3)15-14-11/h4,8,10H,5-7,13H2,1-3H3. The van der Waals surface area contributed by atoms with Crippen LogP contribution in [0.1, 0.15) is 32.4 Å². The number of nitrogens with two attached hydrogens (primary N) is 1. The van der Waals surface area contributed by atoms with Crippen molar-refractivity contribution in [2.75, 3.05) is 0 Å². The summed E-state index contributed by atoms with van der Waals surface area (Å²) in [5, 5.41) is 8.06. The second-order valence-electron chi connectivity index (χ2n) is 5.59. The molecule has 0 saturated carbocycles. The number of aryl methyl sites for hydroxylation is 1. The fourth-order valence-electron chi connectivity index (χ4n) is 2.58. The second-order valence-corrected chi connectivity index (χ2v) is 5.59. The third-order valence-corrected chi connectivity index (χ3v) is 3.00. The van der Waals surface area contributed by atoms with Crippen LogP contribution in [-0.2, 0) is 13.5 Å². The van der Waals surface area contributed by atoms with Crippen LogP contribution in [0.5, 0.6) is 0 Å². The van der Waals surface area contributed by atoms with Crippen molar-refractivity contribution in [2.24, 2.45) is 18.2 Å². The quantitative estimate of drug-likeness (QED) is 0.767. The van der Waals surface area contributed by atoms with E-state index < -0.39 is 0 Å². The molecule has 0 aromatic carbocycles. The minimum Gasteiger partial charge on any atom is -0.324 e. The van der Waals surface area contributed by atoms with Crippen LogP contribution in [0.4, 0.5) is 0 Å². The van der Waals surface area contributed by atoms with E-state index in [1.807, 2.05) is 13.2 Å². The number of hydrogen-bond acceptors (Lipinski definition) is 3. The predicted molar refractivity (Wildman–Crippen MR) is 63.8 cm³/mol. The van der Waals surface area contributed by atoms with Gasteiger partial charge in [0.15, 0.2) is 0 Å². The minimum atomic E-state index is 0.190. The summed E-state index contributed by atoms with van der Waals surface area (Å²) in [6.45, 7) is 4.55. The van der Waals surface area contributed by atoms with Crippen molar-refractivity contribution in [1.82, 2.24) is 15.0 Å². The largest absolute Gasteiger partial charge is 0.324 e. The fraction of sp³-hybridized carbons (Fsp3) is 0.667. The van der Waals surface area contributed by atoms with Gasteiger partial charge in [0.25, 0.3) is 0 Å². The molecule has 1 aliphatic rings. The van der Waals surface area contributed by atoms with E-state index in [9.17, 15) is 0 Å². The molecule has 1 aromatic rings. The summed E-state index contributed by atoms with van der Waals surface area (Å²) in [5.74, 6) is 0. The summed E-state index contributed by atoms with van der Waals surface area (Å²) in [4.78, 5) is 0. The van der Waals surface area contributed by atoms with Gasteiger partial charge < -0.3 is 5.73 Å². The van der Waals surface area contributed by atoms with E-state index in [0.29, 0.717) is 5.41 Å². The molecule has 88 valence electrons. The fourth-order valence-corrected chi connectivity index (χ4v) is 2.58. The Morgan fingerprint density at radius 2 is 2.31 bits per heavy atom. The summed E-state index contributed by atoms with van der Waals surface area (Å²) in [5.41, 5.74) is 8.77. The van der Waals surface area contributed by atoms with Crippen LogP contribution in [0.2, 0.25) is 0 Å². The van der Waals surface area contributed by atoms with E-state index >= 15 is 0 Å². The van der Waals surface area contributed by atoms with E-state index in [2.05, 4.69) is 30.2 Å². The molecule has 0 saturated heterocycles. The van der Waals surface area contributed by atoms with Crippen LogP contribution in [0.3, 0.4) is 0 Å². The number of aromatic nitrogens is 3. The van der Waals surface area contributed by atoms with E-state index in [0.717, 1.165) is 25.0 Å². The maximum absolute atomic E-state index is 6.04. The first-order chi connectivity index (χ1) is 7.44. The molecule has 0 amide bonds. The van der Waals surface area contributed by atoms with Gasteiger partial charge in [0.1, 0.15) is 0 Å². The van der Waals surface area contributed by atoms with Crippen LogP contribution in [0.15, 0.2) is 17.8 Å². The monoisotopic (exact) mass is 220 g/mol. The lowest BCUT2D eigenvalue weighted by Gasteiger charge is -2.33. The van der Waals surface area contributed by atoms with Crippen molar-refractivity contribution in [3.63, 3.8) is 0 Å². The Morgan fingerprint density at radius 1 is 1.56 bits per heavy atom. The van der Waals surface area contributed by atoms with Gasteiger partial charge in [-0.3, -0.25) is 4.68 Å². The molecule has 2 rings (SSSR count). The average Bonchev–Trinajstić information content (AvgIpc) is 2.46. The summed E-state index contributed by atoms with van der Waals surface area (Å²) >= 11 is 0. The third kappa shape index (κ3) is 2.70. The van der Waals surface area contributed by atoms with Crippen molar-refractivity contribution in [1.29, 1.82) is 0 Å².